The van der Waals surface area contributed by atoms with Crippen molar-refractivity contribution < 1.29 is 18.3 Å². The molecule has 4 N–H and O–H groups in total. The maximum Gasteiger partial charge on any atom is 0.284 e. The van der Waals surface area contributed by atoms with E-state index in [-0.39, 0.29) is 17.4 Å². The summed E-state index contributed by atoms with van der Waals surface area (Å²) >= 11 is 0. The zero-order valence-corrected chi connectivity index (χ0v) is 14.7. The highest BCUT2D eigenvalue weighted by Crippen LogP contribution is 2.34. The van der Waals surface area contributed by atoms with E-state index < -0.39 is 6.43 Å². The summed E-state index contributed by atoms with van der Waals surface area (Å²) in [5, 5.41) is 3.96. The molecular weight excluding hydrogens is 330 g/mol. The van der Waals surface area contributed by atoms with Crippen LogP contribution in [0.15, 0.2) is 6.20 Å². The minimum atomic E-state index is -2.62. The number of ether oxygens (including phenoxy) is 2. The van der Waals surface area contributed by atoms with Gasteiger partial charge in [0.1, 0.15) is 0 Å². The smallest absolute Gasteiger partial charge is 0.284 e. The molecule has 8 heteroatoms. The third-order valence-electron chi connectivity index (χ3n) is 4.61. The van der Waals surface area contributed by atoms with Gasteiger partial charge in [-0.15, -0.1) is 0 Å². The number of aromatic nitrogens is 2. The lowest BCUT2D eigenvalue weighted by atomic mass is 9.86. The van der Waals surface area contributed by atoms with Gasteiger partial charge in [0.2, 0.25) is 0 Å². The van der Waals surface area contributed by atoms with Gasteiger partial charge in [0, 0.05) is 32.6 Å². The normalized spacial score (nSPS) is 21.1. The van der Waals surface area contributed by atoms with Crippen molar-refractivity contribution in [2.45, 2.75) is 51.0 Å². The first-order valence-corrected chi connectivity index (χ1v) is 9.10. The summed E-state index contributed by atoms with van der Waals surface area (Å²) in [4.78, 5) is 0. The molecule has 1 aromatic heterocycles. The topological polar surface area (TPSA) is 88.3 Å². The molecule has 6 nitrogen and oxygen atoms in total. The lowest BCUT2D eigenvalue weighted by Gasteiger charge is -2.28. The molecule has 25 heavy (non-hydrogen) atoms. The molecule has 0 amide bonds. The molecule has 0 radical (unpaired) electrons. The molecule has 0 aliphatic heterocycles. The second-order valence-electron chi connectivity index (χ2n) is 6.61. The lowest BCUT2D eigenvalue weighted by Crippen LogP contribution is -2.22. The van der Waals surface area contributed by atoms with Crippen LogP contribution in [0.5, 0.6) is 0 Å². The number of anilines is 1. The number of halogens is 2. The molecule has 2 rings (SSSR count). The SMILES string of the molecule is NCCCOCCCOCC1CCC(n2cc(N)c(C(F)F)n2)CC1. The van der Waals surface area contributed by atoms with Crippen LogP contribution in [0.25, 0.3) is 0 Å². The lowest BCUT2D eigenvalue weighted by molar-refractivity contribution is 0.0539. The van der Waals surface area contributed by atoms with E-state index in [0.29, 0.717) is 32.3 Å². The fourth-order valence-electron chi connectivity index (χ4n) is 3.15. The quantitative estimate of drug-likeness (QED) is 0.592. The van der Waals surface area contributed by atoms with Crippen molar-refractivity contribution in [1.29, 1.82) is 0 Å². The van der Waals surface area contributed by atoms with Crippen molar-refractivity contribution in [2.75, 3.05) is 38.7 Å². The molecule has 0 aromatic carbocycles. The molecule has 1 fully saturated rings. The van der Waals surface area contributed by atoms with Crippen molar-refractivity contribution >= 4 is 5.69 Å². The van der Waals surface area contributed by atoms with Gasteiger partial charge in [-0.2, -0.15) is 5.10 Å². The molecule has 0 spiro atoms. The Kier molecular flexibility index (Phi) is 8.57. The summed E-state index contributed by atoms with van der Waals surface area (Å²) in [6, 6.07) is 0.155. The van der Waals surface area contributed by atoms with Crippen LogP contribution in [-0.4, -0.2) is 42.8 Å². The van der Waals surface area contributed by atoms with Crippen LogP contribution in [0.4, 0.5) is 14.5 Å². The van der Waals surface area contributed by atoms with Gasteiger partial charge < -0.3 is 20.9 Å². The number of nitrogen functional groups attached to an aromatic ring is 1. The van der Waals surface area contributed by atoms with Crippen molar-refractivity contribution in [3.05, 3.63) is 11.9 Å². The Morgan fingerprint density at radius 2 is 1.80 bits per heavy atom. The first kappa shape index (κ1) is 20.1. The highest BCUT2D eigenvalue weighted by molar-refractivity contribution is 5.41. The maximum atomic E-state index is 12.8. The summed E-state index contributed by atoms with van der Waals surface area (Å²) in [5.74, 6) is 0.525. The fourth-order valence-corrected chi connectivity index (χ4v) is 3.15. The van der Waals surface area contributed by atoms with Gasteiger partial charge >= 0.3 is 0 Å². The van der Waals surface area contributed by atoms with Gasteiger partial charge in [-0.05, 0) is 51.0 Å². The first-order chi connectivity index (χ1) is 12.1. The summed E-state index contributed by atoms with van der Waals surface area (Å²) in [7, 11) is 0. The Morgan fingerprint density at radius 3 is 2.44 bits per heavy atom. The summed E-state index contributed by atoms with van der Waals surface area (Å²) < 4.78 is 38.3. The number of rotatable bonds is 11. The number of nitrogens with zero attached hydrogens (tertiary/aromatic N) is 2. The standard InChI is InChI=1S/C17H30F2N4O2/c18-17(19)16-15(21)11-23(22-16)14-5-3-13(4-6-14)12-25-10-2-9-24-8-1-7-20/h11,13-14,17H,1-10,12,20-21H2. The molecule has 1 heterocycles. The maximum absolute atomic E-state index is 12.8. The minimum Gasteiger partial charge on any atom is -0.396 e. The Morgan fingerprint density at radius 1 is 1.12 bits per heavy atom. The van der Waals surface area contributed by atoms with E-state index in [0.717, 1.165) is 45.1 Å². The van der Waals surface area contributed by atoms with E-state index in [1.807, 2.05) is 0 Å². The van der Waals surface area contributed by atoms with Crippen LogP contribution in [0.2, 0.25) is 0 Å². The molecule has 1 aliphatic carbocycles. The molecule has 0 unspecified atom stereocenters. The molecule has 144 valence electrons. The van der Waals surface area contributed by atoms with E-state index in [9.17, 15) is 8.78 Å². The number of hydrogen-bond acceptors (Lipinski definition) is 5. The van der Waals surface area contributed by atoms with Crippen LogP contribution >= 0.6 is 0 Å². The monoisotopic (exact) mass is 360 g/mol. The zero-order chi connectivity index (χ0) is 18.1. The average molecular weight is 360 g/mol. The largest absolute Gasteiger partial charge is 0.396 e. The Bertz CT molecular complexity index is 491. The Balaban J connectivity index is 1.59. The van der Waals surface area contributed by atoms with Crippen molar-refractivity contribution in [3.8, 4) is 0 Å². The van der Waals surface area contributed by atoms with Crippen molar-refractivity contribution in [1.82, 2.24) is 9.78 Å². The van der Waals surface area contributed by atoms with Crippen LogP contribution in [0, 0.1) is 5.92 Å². The van der Waals surface area contributed by atoms with Crippen LogP contribution in [0.1, 0.15) is 56.7 Å². The molecule has 1 saturated carbocycles. The number of hydrogen-bond donors (Lipinski definition) is 2. The van der Waals surface area contributed by atoms with Gasteiger partial charge in [0.15, 0.2) is 5.69 Å². The van der Waals surface area contributed by atoms with Crippen LogP contribution in [0.3, 0.4) is 0 Å². The molecule has 1 aromatic rings. The van der Waals surface area contributed by atoms with E-state index >= 15 is 0 Å². The predicted octanol–water partition coefficient (Wildman–Crippen LogP) is 2.91. The van der Waals surface area contributed by atoms with E-state index in [1.165, 1.54) is 6.20 Å². The Hall–Kier alpha value is -1.25. The minimum absolute atomic E-state index is 0.0779. The summed E-state index contributed by atoms with van der Waals surface area (Å²) in [5.41, 5.74) is 10.8. The third kappa shape index (κ3) is 6.52. The second kappa shape index (κ2) is 10.7. The zero-order valence-electron chi connectivity index (χ0n) is 14.7. The molecule has 0 saturated heterocycles. The van der Waals surface area contributed by atoms with Gasteiger partial charge in [-0.1, -0.05) is 0 Å². The van der Waals surface area contributed by atoms with E-state index in [4.69, 9.17) is 20.9 Å². The van der Waals surface area contributed by atoms with Crippen LogP contribution in [-0.2, 0) is 9.47 Å². The first-order valence-electron chi connectivity index (χ1n) is 9.10. The van der Waals surface area contributed by atoms with Crippen molar-refractivity contribution in [2.24, 2.45) is 11.7 Å². The molecule has 1 aliphatic rings. The molecule has 0 atom stereocenters. The van der Waals surface area contributed by atoms with Crippen LogP contribution < -0.4 is 11.5 Å². The van der Waals surface area contributed by atoms with Gasteiger partial charge in [0.05, 0.1) is 11.7 Å². The van der Waals surface area contributed by atoms with Gasteiger partial charge in [-0.3, -0.25) is 4.68 Å². The fraction of sp³-hybridized carbons (Fsp3) is 0.824. The summed E-state index contributed by atoms with van der Waals surface area (Å²) in [6.07, 6.45) is 4.56. The van der Waals surface area contributed by atoms with E-state index in [2.05, 4.69) is 5.10 Å². The average Bonchev–Trinajstić information content (AvgIpc) is 3.00. The predicted molar refractivity (Wildman–Crippen MR) is 92.5 cm³/mol. The number of nitrogens with two attached hydrogens (primary N) is 2. The third-order valence-corrected chi connectivity index (χ3v) is 4.61. The summed E-state index contributed by atoms with van der Waals surface area (Å²) in [6.45, 7) is 3.54. The highest BCUT2D eigenvalue weighted by atomic mass is 19.3. The van der Waals surface area contributed by atoms with Gasteiger partial charge in [0.25, 0.3) is 6.43 Å². The van der Waals surface area contributed by atoms with Gasteiger partial charge in [-0.25, -0.2) is 8.78 Å². The Labute approximate surface area is 147 Å². The van der Waals surface area contributed by atoms with E-state index in [1.54, 1.807) is 4.68 Å². The number of alkyl halides is 2. The second-order valence-corrected chi connectivity index (χ2v) is 6.61. The highest BCUT2D eigenvalue weighted by Gasteiger charge is 2.25. The van der Waals surface area contributed by atoms with Crippen molar-refractivity contribution in [3.63, 3.8) is 0 Å². The molecular formula is C17H30F2N4O2. The molecule has 0 bridgehead atoms.